The zero-order valence-electron chi connectivity index (χ0n) is 14.4. The van der Waals surface area contributed by atoms with Gasteiger partial charge in [0, 0.05) is 12.1 Å². The third-order valence-electron chi connectivity index (χ3n) is 3.38. The van der Waals surface area contributed by atoms with Gasteiger partial charge in [-0.2, -0.15) is 17.4 Å². The predicted octanol–water partition coefficient (Wildman–Crippen LogP) is 2.97. The average Bonchev–Trinajstić information content (AvgIpc) is 2.23. The van der Waals surface area contributed by atoms with Crippen LogP contribution >= 0.6 is 0 Å². The monoisotopic (exact) mass is 332 g/mol. The van der Waals surface area contributed by atoms with E-state index in [9.17, 15) is 13.2 Å². The Hall–Kier alpha value is -1.08. The highest BCUT2D eigenvalue weighted by Crippen LogP contribution is 2.26. The number of hydrogen-bond acceptors (Lipinski definition) is 4. The van der Waals surface area contributed by atoms with Crippen LogP contribution in [0.2, 0.25) is 0 Å². The Bertz CT molecular complexity index is 544. The maximum absolute atomic E-state index is 12.3. The average molecular weight is 332 g/mol. The summed E-state index contributed by atoms with van der Waals surface area (Å²) < 4.78 is 33.2. The van der Waals surface area contributed by atoms with Crippen LogP contribution in [0.5, 0.6) is 0 Å². The summed E-state index contributed by atoms with van der Waals surface area (Å²) in [6.45, 7) is 11.1. The molecule has 1 fully saturated rings. The zero-order chi connectivity index (χ0) is 17.2. The molecule has 0 unspecified atom stereocenters. The van der Waals surface area contributed by atoms with Crippen molar-refractivity contribution >= 4 is 16.3 Å². The molecule has 1 atom stereocenters. The van der Waals surface area contributed by atoms with Gasteiger partial charge in [0.1, 0.15) is 5.60 Å². The molecule has 1 amide bonds. The van der Waals surface area contributed by atoms with Gasteiger partial charge in [0.15, 0.2) is 0 Å². The maximum atomic E-state index is 12.3. The molecule has 22 heavy (non-hydrogen) atoms. The Balaban J connectivity index is 2.77. The highest BCUT2D eigenvalue weighted by Gasteiger charge is 2.42. The molecule has 0 bridgehead atoms. The fraction of sp³-hybridized carbons (Fsp3) is 0.800. The van der Waals surface area contributed by atoms with Gasteiger partial charge in [0.2, 0.25) is 0 Å². The molecule has 0 aliphatic carbocycles. The van der Waals surface area contributed by atoms with Crippen molar-refractivity contribution in [3.05, 3.63) is 11.6 Å². The first-order valence-corrected chi connectivity index (χ1v) is 8.97. The van der Waals surface area contributed by atoms with Gasteiger partial charge in [-0.05, 0) is 60.8 Å². The van der Waals surface area contributed by atoms with E-state index in [4.69, 9.17) is 4.74 Å². The lowest BCUT2D eigenvalue weighted by Crippen LogP contribution is -2.60. The van der Waals surface area contributed by atoms with E-state index in [1.54, 1.807) is 20.8 Å². The molecule has 0 aromatic carbocycles. The molecule has 0 aromatic heterocycles. The molecular weight excluding hydrogens is 304 g/mol. The summed E-state index contributed by atoms with van der Waals surface area (Å²) in [6.07, 6.45) is 3.31. The molecule has 128 valence electrons. The molecule has 1 aliphatic rings. The molecule has 1 saturated heterocycles. The minimum Gasteiger partial charge on any atom is -0.443 e. The van der Waals surface area contributed by atoms with Crippen molar-refractivity contribution in [3.8, 4) is 0 Å². The Morgan fingerprint density at radius 3 is 2.41 bits per heavy atom. The van der Waals surface area contributed by atoms with E-state index in [0.29, 0.717) is 12.8 Å². The minimum absolute atomic E-state index is 0.134. The highest BCUT2D eigenvalue weighted by molar-refractivity contribution is 7.87. The number of carbonyl (C=O) groups excluding carboxylic acids is 1. The summed E-state index contributed by atoms with van der Waals surface area (Å²) in [5.74, 6) is 0. The van der Waals surface area contributed by atoms with Crippen molar-refractivity contribution in [1.82, 2.24) is 9.03 Å². The Labute approximate surface area is 134 Å². The standard InChI is InChI=1S/C15H28N2O4S/c1-12(2)8-7-9-15(6)10-11-17(22(19,20)16-15)13(18)21-14(3,4)5/h8,16H,7,9-11H2,1-6H3/t15-/m1/s1. The van der Waals surface area contributed by atoms with Gasteiger partial charge in [-0.1, -0.05) is 11.6 Å². The van der Waals surface area contributed by atoms with Crippen molar-refractivity contribution in [2.24, 2.45) is 0 Å². The topological polar surface area (TPSA) is 75.7 Å². The fourth-order valence-electron chi connectivity index (χ4n) is 2.24. The molecule has 7 heteroatoms. The van der Waals surface area contributed by atoms with E-state index in [1.165, 1.54) is 5.57 Å². The number of hydrogen-bond donors (Lipinski definition) is 1. The van der Waals surface area contributed by atoms with E-state index in [1.807, 2.05) is 20.8 Å². The predicted molar refractivity (Wildman–Crippen MR) is 86.7 cm³/mol. The van der Waals surface area contributed by atoms with Crippen LogP contribution in [0.15, 0.2) is 11.6 Å². The molecule has 1 rings (SSSR count). The third-order valence-corrected chi connectivity index (χ3v) is 5.04. The highest BCUT2D eigenvalue weighted by atomic mass is 32.2. The first-order chi connectivity index (χ1) is 9.85. The molecule has 0 spiro atoms. The lowest BCUT2D eigenvalue weighted by molar-refractivity contribution is 0.0363. The van der Waals surface area contributed by atoms with Gasteiger partial charge in [-0.25, -0.2) is 4.79 Å². The van der Waals surface area contributed by atoms with E-state index < -0.39 is 27.4 Å². The third kappa shape index (κ3) is 5.61. The first-order valence-electron chi connectivity index (χ1n) is 7.53. The van der Waals surface area contributed by atoms with Crippen LogP contribution in [0.4, 0.5) is 4.79 Å². The second kappa shape index (κ2) is 6.58. The maximum Gasteiger partial charge on any atom is 0.425 e. The van der Waals surface area contributed by atoms with Crippen molar-refractivity contribution in [2.45, 2.75) is 71.9 Å². The number of allylic oxidation sites excluding steroid dienone is 2. The Morgan fingerprint density at radius 1 is 1.36 bits per heavy atom. The van der Waals surface area contributed by atoms with Crippen LogP contribution < -0.4 is 4.72 Å². The minimum atomic E-state index is -3.87. The molecule has 0 radical (unpaired) electrons. The summed E-state index contributed by atoms with van der Waals surface area (Å²) in [7, 11) is -3.87. The zero-order valence-corrected chi connectivity index (χ0v) is 15.2. The number of carbonyl (C=O) groups is 1. The van der Waals surface area contributed by atoms with Crippen LogP contribution in [-0.2, 0) is 14.9 Å². The van der Waals surface area contributed by atoms with Crippen molar-refractivity contribution < 1.29 is 17.9 Å². The summed E-state index contributed by atoms with van der Waals surface area (Å²) in [5.41, 5.74) is -0.0576. The molecular formula is C15H28N2O4S. The fourth-order valence-corrected chi connectivity index (χ4v) is 3.75. The second-order valence-corrected chi connectivity index (χ2v) is 8.89. The number of amides is 1. The van der Waals surface area contributed by atoms with Gasteiger partial charge in [0.05, 0.1) is 0 Å². The lowest BCUT2D eigenvalue weighted by Gasteiger charge is -2.39. The van der Waals surface area contributed by atoms with Crippen LogP contribution in [0.3, 0.4) is 0 Å². The molecule has 6 nitrogen and oxygen atoms in total. The number of rotatable bonds is 3. The van der Waals surface area contributed by atoms with E-state index in [0.717, 1.165) is 10.7 Å². The van der Waals surface area contributed by atoms with E-state index in [-0.39, 0.29) is 6.54 Å². The molecule has 1 N–H and O–H groups in total. The molecule has 1 heterocycles. The molecule has 0 saturated carbocycles. The summed E-state index contributed by atoms with van der Waals surface area (Å²) in [5, 5.41) is 0. The van der Waals surface area contributed by atoms with Gasteiger partial charge in [-0.15, -0.1) is 0 Å². The summed E-state index contributed by atoms with van der Waals surface area (Å²) >= 11 is 0. The van der Waals surface area contributed by atoms with Gasteiger partial charge in [-0.3, -0.25) is 0 Å². The van der Waals surface area contributed by atoms with Crippen molar-refractivity contribution in [2.75, 3.05) is 6.54 Å². The van der Waals surface area contributed by atoms with E-state index in [2.05, 4.69) is 10.8 Å². The number of nitrogens with zero attached hydrogens (tertiary/aromatic N) is 1. The largest absolute Gasteiger partial charge is 0.443 e. The molecule has 0 aromatic rings. The smallest absolute Gasteiger partial charge is 0.425 e. The Morgan fingerprint density at radius 2 is 1.95 bits per heavy atom. The number of nitrogens with one attached hydrogen (secondary N) is 1. The van der Waals surface area contributed by atoms with Crippen LogP contribution in [0, 0.1) is 0 Å². The van der Waals surface area contributed by atoms with Crippen LogP contribution in [0.1, 0.15) is 60.8 Å². The SMILES string of the molecule is CC(C)=CCC[C@]1(C)CCN(C(=O)OC(C)(C)C)S(=O)(=O)N1. The van der Waals surface area contributed by atoms with Crippen LogP contribution in [0.25, 0.3) is 0 Å². The first kappa shape index (κ1) is 19.0. The summed E-state index contributed by atoms with van der Waals surface area (Å²) in [6, 6.07) is 0. The van der Waals surface area contributed by atoms with E-state index >= 15 is 0 Å². The summed E-state index contributed by atoms with van der Waals surface area (Å²) in [4.78, 5) is 12.0. The van der Waals surface area contributed by atoms with Crippen LogP contribution in [-0.4, -0.2) is 36.5 Å². The van der Waals surface area contributed by atoms with Crippen molar-refractivity contribution in [1.29, 1.82) is 0 Å². The lowest BCUT2D eigenvalue weighted by atomic mass is 9.92. The quantitative estimate of drug-likeness (QED) is 0.806. The molecule has 1 aliphatic heterocycles. The Kier molecular flexibility index (Phi) is 5.67. The van der Waals surface area contributed by atoms with Gasteiger partial charge < -0.3 is 4.74 Å². The second-order valence-electron chi connectivity index (χ2n) is 7.29. The number of ether oxygens (including phenoxy) is 1. The normalized spacial score (nSPS) is 24.7. The van der Waals surface area contributed by atoms with Crippen molar-refractivity contribution in [3.63, 3.8) is 0 Å². The van der Waals surface area contributed by atoms with Gasteiger partial charge in [0.25, 0.3) is 0 Å². The van der Waals surface area contributed by atoms with Gasteiger partial charge >= 0.3 is 16.3 Å².